The van der Waals surface area contributed by atoms with Crippen LogP contribution in [-0.2, 0) is 25.7 Å². The molecule has 0 bridgehead atoms. The van der Waals surface area contributed by atoms with E-state index >= 15 is 0 Å². The maximum atomic E-state index is 13.1. The summed E-state index contributed by atoms with van der Waals surface area (Å²) in [6.45, 7) is 1.49. The predicted molar refractivity (Wildman–Crippen MR) is 122 cm³/mol. The third-order valence-electron chi connectivity index (χ3n) is 5.55. The summed E-state index contributed by atoms with van der Waals surface area (Å²) in [4.78, 5) is 36.1. The van der Waals surface area contributed by atoms with Crippen LogP contribution >= 0.6 is 0 Å². The minimum Gasteiger partial charge on any atom is -0.475 e. The lowest BCUT2D eigenvalue weighted by Gasteiger charge is -2.25. The van der Waals surface area contributed by atoms with E-state index in [2.05, 4.69) is 5.32 Å². The Morgan fingerprint density at radius 1 is 1.06 bits per heavy atom. The van der Waals surface area contributed by atoms with Crippen molar-refractivity contribution >= 4 is 18.0 Å². The maximum Gasteiger partial charge on any atom is 0.490 e. The summed E-state index contributed by atoms with van der Waals surface area (Å²) < 4.78 is 43.1. The van der Waals surface area contributed by atoms with Crippen molar-refractivity contribution in [2.75, 3.05) is 19.7 Å². The molecular formula is C25H27F3N2O6. The molecule has 1 aliphatic carbocycles. The van der Waals surface area contributed by atoms with Gasteiger partial charge in [0.1, 0.15) is 18.8 Å². The summed E-state index contributed by atoms with van der Waals surface area (Å²) >= 11 is 0. The number of halogens is 3. The standard InChI is InChI=1S/C23H26N2O4.C2HF3O2/c26-22-20(24-23(27)29-15-18-7-3-1-4-8-18)16-28-21(19-9-5-2-6-10-19)14-25(22)13-17-11-12-17;3-2(4,5)1(6)7/h1-10,17,20-21H,11-16H2,(H,24,27);(H,6,7)/t20-,21-;/m1./s1. The highest BCUT2D eigenvalue weighted by molar-refractivity contribution is 5.86. The lowest BCUT2D eigenvalue weighted by molar-refractivity contribution is -0.192. The fraction of sp³-hybridized carbons (Fsp3) is 0.400. The van der Waals surface area contributed by atoms with Crippen molar-refractivity contribution in [1.82, 2.24) is 10.2 Å². The fourth-order valence-electron chi connectivity index (χ4n) is 3.50. The number of amides is 2. The largest absolute Gasteiger partial charge is 0.490 e. The van der Waals surface area contributed by atoms with E-state index in [0.29, 0.717) is 19.0 Å². The van der Waals surface area contributed by atoms with Crippen LogP contribution in [0.15, 0.2) is 60.7 Å². The Hall–Kier alpha value is -3.60. The van der Waals surface area contributed by atoms with Gasteiger partial charge in [0.2, 0.25) is 5.91 Å². The molecule has 36 heavy (non-hydrogen) atoms. The molecule has 194 valence electrons. The Balaban J connectivity index is 0.000000454. The van der Waals surface area contributed by atoms with Gasteiger partial charge in [-0.3, -0.25) is 4.79 Å². The monoisotopic (exact) mass is 508 g/mol. The summed E-state index contributed by atoms with van der Waals surface area (Å²) in [5.74, 6) is -2.31. The number of benzene rings is 2. The predicted octanol–water partition coefficient (Wildman–Crippen LogP) is 3.92. The quantitative estimate of drug-likeness (QED) is 0.613. The highest BCUT2D eigenvalue weighted by atomic mass is 19.4. The normalized spacial score (nSPS) is 20.0. The van der Waals surface area contributed by atoms with Gasteiger partial charge in [-0.05, 0) is 29.9 Å². The van der Waals surface area contributed by atoms with E-state index in [9.17, 15) is 22.8 Å². The molecule has 1 saturated carbocycles. The number of nitrogens with one attached hydrogen (secondary N) is 1. The number of aliphatic carboxylic acids is 1. The zero-order valence-electron chi connectivity index (χ0n) is 19.3. The molecule has 2 atom stereocenters. The van der Waals surface area contributed by atoms with Crippen LogP contribution in [0.4, 0.5) is 18.0 Å². The molecule has 2 amide bonds. The molecule has 2 N–H and O–H groups in total. The van der Waals surface area contributed by atoms with Crippen LogP contribution in [-0.4, -0.2) is 59.9 Å². The van der Waals surface area contributed by atoms with Gasteiger partial charge < -0.3 is 24.8 Å². The van der Waals surface area contributed by atoms with Crippen LogP contribution in [0.5, 0.6) is 0 Å². The molecule has 2 aromatic carbocycles. The van der Waals surface area contributed by atoms with Gasteiger partial charge in [0, 0.05) is 6.54 Å². The van der Waals surface area contributed by atoms with E-state index in [4.69, 9.17) is 19.4 Å². The molecule has 0 spiro atoms. The highest BCUT2D eigenvalue weighted by Crippen LogP contribution is 2.32. The molecule has 11 heteroatoms. The molecular weight excluding hydrogens is 481 g/mol. The first-order valence-corrected chi connectivity index (χ1v) is 11.4. The van der Waals surface area contributed by atoms with Crippen molar-refractivity contribution in [3.63, 3.8) is 0 Å². The lowest BCUT2D eigenvalue weighted by atomic mass is 10.1. The number of ether oxygens (including phenoxy) is 2. The number of carboxylic acids is 1. The number of rotatable bonds is 6. The second-order valence-electron chi connectivity index (χ2n) is 8.48. The van der Waals surface area contributed by atoms with Crippen molar-refractivity contribution in [2.45, 2.75) is 37.8 Å². The average Bonchev–Trinajstić information content (AvgIpc) is 3.69. The summed E-state index contributed by atoms with van der Waals surface area (Å²) in [6.07, 6.45) is -3.60. The second-order valence-corrected chi connectivity index (χ2v) is 8.48. The zero-order chi connectivity index (χ0) is 26.1. The van der Waals surface area contributed by atoms with Gasteiger partial charge in [-0.1, -0.05) is 60.7 Å². The van der Waals surface area contributed by atoms with Crippen LogP contribution in [0.1, 0.15) is 30.1 Å². The zero-order valence-corrected chi connectivity index (χ0v) is 19.3. The molecule has 4 rings (SSSR count). The van der Waals surface area contributed by atoms with Gasteiger partial charge in [0.15, 0.2) is 0 Å². The van der Waals surface area contributed by atoms with Crippen LogP contribution in [0, 0.1) is 5.92 Å². The van der Waals surface area contributed by atoms with Crippen LogP contribution in [0.25, 0.3) is 0 Å². The van der Waals surface area contributed by atoms with Crippen molar-refractivity contribution in [1.29, 1.82) is 0 Å². The van der Waals surface area contributed by atoms with Crippen molar-refractivity contribution in [2.24, 2.45) is 5.92 Å². The van der Waals surface area contributed by atoms with E-state index in [1.807, 2.05) is 65.6 Å². The number of carbonyl (C=O) groups excluding carboxylic acids is 2. The minimum absolute atomic E-state index is 0.105. The molecule has 8 nitrogen and oxygen atoms in total. The summed E-state index contributed by atoms with van der Waals surface area (Å²) in [7, 11) is 0. The average molecular weight is 508 g/mol. The summed E-state index contributed by atoms with van der Waals surface area (Å²) in [5.41, 5.74) is 1.93. The second kappa shape index (κ2) is 12.4. The van der Waals surface area contributed by atoms with E-state index < -0.39 is 24.3 Å². The van der Waals surface area contributed by atoms with Gasteiger partial charge >= 0.3 is 18.2 Å². The fourth-order valence-corrected chi connectivity index (χ4v) is 3.50. The first-order chi connectivity index (χ1) is 17.1. The highest BCUT2D eigenvalue weighted by Gasteiger charge is 2.38. The molecule has 1 aliphatic heterocycles. The van der Waals surface area contributed by atoms with Gasteiger partial charge in [0.05, 0.1) is 13.2 Å². The van der Waals surface area contributed by atoms with Crippen molar-refractivity contribution in [3.05, 3.63) is 71.8 Å². The number of carboxylic acid groups (broad SMARTS) is 1. The van der Waals surface area contributed by atoms with Crippen LogP contribution in [0.2, 0.25) is 0 Å². The van der Waals surface area contributed by atoms with Crippen molar-refractivity contribution in [3.8, 4) is 0 Å². The minimum atomic E-state index is -5.08. The van der Waals surface area contributed by atoms with Gasteiger partial charge in [-0.15, -0.1) is 0 Å². The number of alkyl carbamates (subject to hydrolysis) is 1. The molecule has 1 saturated heterocycles. The lowest BCUT2D eigenvalue weighted by Crippen LogP contribution is -2.49. The molecule has 0 unspecified atom stereocenters. The number of carbonyl (C=O) groups is 3. The Kier molecular flexibility index (Phi) is 9.29. The smallest absolute Gasteiger partial charge is 0.475 e. The molecule has 1 heterocycles. The Morgan fingerprint density at radius 2 is 1.64 bits per heavy atom. The van der Waals surface area contributed by atoms with Gasteiger partial charge in [-0.25, -0.2) is 9.59 Å². The summed E-state index contributed by atoms with van der Waals surface area (Å²) in [5, 5.41) is 9.82. The topological polar surface area (TPSA) is 105 Å². The molecule has 2 fully saturated rings. The molecule has 0 radical (unpaired) electrons. The Labute approximate surface area is 206 Å². The van der Waals surface area contributed by atoms with E-state index in [-0.39, 0.29) is 25.2 Å². The maximum absolute atomic E-state index is 13.1. The number of nitrogens with zero attached hydrogens (tertiary/aromatic N) is 1. The van der Waals surface area contributed by atoms with E-state index in [1.165, 1.54) is 0 Å². The van der Waals surface area contributed by atoms with Crippen molar-refractivity contribution < 1.29 is 42.1 Å². The number of hydrogen-bond acceptors (Lipinski definition) is 5. The Bertz CT molecular complexity index is 1020. The third kappa shape index (κ3) is 8.56. The first-order valence-electron chi connectivity index (χ1n) is 11.4. The Morgan fingerprint density at radius 3 is 2.19 bits per heavy atom. The number of alkyl halides is 3. The molecule has 2 aromatic rings. The van der Waals surface area contributed by atoms with Crippen LogP contribution < -0.4 is 5.32 Å². The van der Waals surface area contributed by atoms with Gasteiger partial charge in [-0.2, -0.15) is 13.2 Å². The summed E-state index contributed by atoms with van der Waals surface area (Å²) in [6, 6.07) is 18.6. The SMILES string of the molecule is O=C(N[C@@H]1CO[C@@H](c2ccccc2)CN(CC2CC2)C1=O)OCc1ccccc1.O=C(O)C(F)(F)F. The third-order valence-corrected chi connectivity index (χ3v) is 5.55. The van der Waals surface area contributed by atoms with Gasteiger partial charge in [0.25, 0.3) is 0 Å². The molecule has 0 aromatic heterocycles. The van der Waals surface area contributed by atoms with E-state index in [1.54, 1.807) is 0 Å². The van der Waals surface area contributed by atoms with Crippen LogP contribution in [0.3, 0.4) is 0 Å². The first kappa shape index (κ1) is 27.0. The van der Waals surface area contributed by atoms with E-state index in [0.717, 1.165) is 24.0 Å². The number of hydrogen-bond donors (Lipinski definition) is 2. The molecule has 2 aliphatic rings.